The number of alkyl halides is 3. The van der Waals surface area contributed by atoms with Crippen LogP contribution in [0.15, 0.2) is 82.7 Å². The highest BCUT2D eigenvalue weighted by molar-refractivity contribution is 5.98. The van der Waals surface area contributed by atoms with Gasteiger partial charge in [0.25, 0.3) is 5.91 Å². The van der Waals surface area contributed by atoms with Gasteiger partial charge < -0.3 is 9.15 Å². The van der Waals surface area contributed by atoms with E-state index in [2.05, 4.69) is 5.10 Å². The third-order valence-corrected chi connectivity index (χ3v) is 3.86. The van der Waals surface area contributed by atoms with Gasteiger partial charge in [0.05, 0.1) is 29.3 Å². The number of benzene rings is 2. The molecule has 0 aliphatic carbocycles. The van der Waals surface area contributed by atoms with Crippen molar-refractivity contribution in [2.75, 3.05) is 11.6 Å². The Morgan fingerprint density at radius 2 is 1.83 bits per heavy atom. The number of rotatable bonds is 6. The fraction of sp³-hybridized carbons (Fsp3) is 0.0952. The van der Waals surface area contributed by atoms with Gasteiger partial charge in [0.15, 0.2) is 6.61 Å². The van der Waals surface area contributed by atoms with Gasteiger partial charge in [-0.15, -0.1) is 0 Å². The van der Waals surface area contributed by atoms with Crippen LogP contribution >= 0.6 is 0 Å². The number of esters is 1. The SMILES string of the molecule is O=C(OCC(=O)N(/N=C/c1ccccc1)c1cccc(C(F)(F)F)c1)c1ccoc1. The first-order chi connectivity index (χ1) is 14.3. The van der Waals surface area contributed by atoms with Crippen LogP contribution in [0.5, 0.6) is 0 Å². The zero-order chi connectivity index (χ0) is 21.6. The molecule has 0 atom stereocenters. The van der Waals surface area contributed by atoms with Crippen molar-refractivity contribution in [3.05, 3.63) is 89.9 Å². The number of nitrogens with zero attached hydrogens (tertiary/aromatic N) is 2. The van der Waals surface area contributed by atoms with Gasteiger partial charge >= 0.3 is 12.1 Å². The molecule has 154 valence electrons. The molecule has 0 radical (unpaired) electrons. The number of ether oxygens (including phenoxy) is 1. The molecule has 0 N–H and O–H groups in total. The van der Waals surface area contributed by atoms with Crippen LogP contribution in [-0.2, 0) is 15.7 Å². The van der Waals surface area contributed by atoms with Crippen molar-refractivity contribution in [1.29, 1.82) is 0 Å². The standard InChI is InChI=1S/C21H15F3N2O4/c22-21(23,24)17-7-4-8-18(11-17)26(25-12-15-5-2-1-3-6-15)19(27)14-30-20(28)16-9-10-29-13-16/h1-13H,14H2/b25-12+. The largest absolute Gasteiger partial charge is 0.472 e. The van der Waals surface area contributed by atoms with Crippen LogP contribution < -0.4 is 5.01 Å². The highest BCUT2D eigenvalue weighted by Gasteiger charge is 2.31. The minimum absolute atomic E-state index is 0.0983. The van der Waals surface area contributed by atoms with Crippen LogP contribution in [0.2, 0.25) is 0 Å². The summed E-state index contributed by atoms with van der Waals surface area (Å²) in [5.74, 6) is -1.65. The molecule has 1 amide bonds. The van der Waals surface area contributed by atoms with Gasteiger partial charge in [0.1, 0.15) is 6.26 Å². The third-order valence-electron chi connectivity index (χ3n) is 3.86. The second kappa shape index (κ2) is 9.08. The van der Waals surface area contributed by atoms with Crippen LogP contribution in [0.3, 0.4) is 0 Å². The molecule has 0 unspecified atom stereocenters. The Kier molecular flexibility index (Phi) is 6.31. The topological polar surface area (TPSA) is 72.1 Å². The van der Waals surface area contributed by atoms with E-state index in [0.717, 1.165) is 29.5 Å². The number of hydrogen-bond acceptors (Lipinski definition) is 5. The number of hydrogen-bond donors (Lipinski definition) is 0. The van der Waals surface area contributed by atoms with Gasteiger partial charge in [-0.3, -0.25) is 4.79 Å². The number of anilines is 1. The van der Waals surface area contributed by atoms with E-state index in [1.54, 1.807) is 30.3 Å². The summed E-state index contributed by atoms with van der Waals surface area (Å²) in [6.07, 6.45) is -0.875. The molecule has 0 saturated carbocycles. The lowest BCUT2D eigenvalue weighted by molar-refractivity contribution is -0.137. The summed E-state index contributed by atoms with van der Waals surface area (Å²) < 4.78 is 48.9. The first kappa shape index (κ1) is 20.8. The van der Waals surface area contributed by atoms with E-state index >= 15 is 0 Å². The number of furan rings is 1. The first-order valence-corrected chi connectivity index (χ1v) is 8.63. The molecule has 2 aromatic carbocycles. The van der Waals surface area contributed by atoms with E-state index < -0.39 is 30.2 Å². The molecule has 3 rings (SSSR count). The fourth-order valence-electron chi connectivity index (χ4n) is 2.40. The quantitative estimate of drug-likeness (QED) is 0.336. The smallest absolute Gasteiger partial charge is 0.416 e. The lowest BCUT2D eigenvalue weighted by Gasteiger charge is -2.18. The summed E-state index contributed by atoms with van der Waals surface area (Å²) in [6.45, 7) is -0.730. The lowest BCUT2D eigenvalue weighted by atomic mass is 10.2. The van der Waals surface area contributed by atoms with Gasteiger partial charge in [-0.2, -0.15) is 23.3 Å². The normalized spacial score (nSPS) is 11.4. The molecule has 0 bridgehead atoms. The average Bonchev–Trinajstić information content (AvgIpc) is 3.27. The molecule has 9 heteroatoms. The van der Waals surface area contributed by atoms with Gasteiger partial charge in [0.2, 0.25) is 0 Å². The fourth-order valence-corrected chi connectivity index (χ4v) is 2.40. The zero-order valence-electron chi connectivity index (χ0n) is 15.4. The average molecular weight is 416 g/mol. The maximum Gasteiger partial charge on any atom is 0.416 e. The molecule has 0 saturated heterocycles. The molecule has 0 aliphatic heterocycles. The van der Waals surface area contributed by atoms with Crippen molar-refractivity contribution >= 4 is 23.8 Å². The van der Waals surface area contributed by atoms with E-state index in [0.29, 0.717) is 5.56 Å². The predicted octanol–water partition coefficient (Wildman–Crippen LogP) is 4.52. The summed E-state index contributed by atoms with van der Waals surface area (Å²) in [7, 11) is 0. The summed E-state index contributed by atoms with van der Waals surface area (Å²) in [6, 6.07) is 14.2. The van der Waals surface area contributed by atoms with Crippen molar-refractivity contribution in [2.24, 2.45) is 5.10 Å². The Balaban J connectivity index is 1.84. The lowest BCUT2D eigenvalue weighted by Crippen LogP contribution is -2.31. The van der Waals surface area contributed by atoms with E-state index in [4.69, 9.17) is 9.15 Å². The van der Waals surface area contributed by atoms with Crippen LogP contribution in [0.1, 0.15) is 21.5 Å². The van der Waals surface area contributed by atoms with Gasteiger partial charge in [-0.25, -0.2) is 4.79 Å². The summed E-state index contributed by atoms with van der Waals surface area (Å²) in [4.78, 5) is 24.5. The number of carbonyl (C=O) groups excluding carboxylic acids is 2. The number of amides is 1. The number of hydrazone groups is 1. The molecule has 30 heavy (non-hydrogen) atoms. The van der Waals surface area contributed by atoms with E-state index in [9.17, 15) is 22.8 Å². The molecule has 6 nitrogen and oxygen atoms in total. The van der Waals surface area contributed by atoms with Gasteiger partial charge in [-0.05, 0) is 29.8 Å². The van der Waals surface area contributed by atoms with Gasteiger partial charge in [-0.1, -0.05) is 36.4 Å². The Morgan fingerprint density at radius 1 is 1.07 bits per heavy atom. The molecule has 0 fully saturated rings. The summed E-state index contributed by atoms with van der Waals surface area (Å²) in [5.41, 5.74) is -0.344. The van der Waals surface area contributed by atoms with Crippen molar-refractivity contribution in [1.82, 2.24) is 0 Å². The van der Waals surface area contributed by atoms with Crippen molar-refractivity contribution in [3.8, 4) is 0 Å². The molecule has 0 spiro atoms. The second-order valence-electron chi connectivity index (χ2n) is 6.00. The van der Waals surface area contributed by atoms with Crippen LogP contribution in [0.25, 0.3) is 0 Å². The highest BCUT2D eigenvalue weighted by atomic mass is 19.4. The number of carbonyl (C=O) groups is 2. The molecular formula is C21H15F3N2O4. The van der Waals surface area contributed by atoms with Crippen molar-refractivity contribution < 1.29 is 31.9 Å². The van der Waals surface area contributed by atoms with Crippen LogP contribution in [0.4, 0.5) is 18.9 Å². The maximum absolute atomic E-state index is 13.1. The predicted molar refractivity (Wildman–Crippen MR) is 102 cm³/mol. The van der Waals surface area contributed by atoms with Gasteiger partial charge in [0, 0.05) is 0 Å². The van der Waals surface area contributed by atoms with Crippen molar-refractivity contribution in [3.63, 3.8) is 0 Å². The minimum Gasteiger partial charge on any atom is -0.472 e. The molecule has 0 aliphatic rings. The van der Waals surface area contributed by atoms with Crippen molar-refractivity contribution in [2.45, 2.75) is 6.18 Å². The Hall–Kier alpha value is -3.88. The molecule has 3 aromatic rings. The molecule has 1 aromatic heterocycles. The van der Waals surface area contributed by atoms with Crippen LogP contribution in [0, 0.1) is 0 Å². The van der Waals surface area contributed by atoms with E-state index in [1.165, 1.54) is 24.6 Å². The highest BCUT2D eigenvalue weighted by Crippen LogP contribution is 2.31. The summed E-state index contributed by atoms with van der Waals surface area (Å²) in [5, 5.41) is 4.76. The van der Waals surface area contributed by atoms with E-state index in [1.807, 2.05) is 0 Å². The monoisotopic (exact) mass is 416 g/mol. The minimum atomic E-state index is -4.60. The second-order valence-corrected chi connectivity index (χ2v) is 6.00. The Morgan fingerprint density at radius 3 is 2.50 bits per heavy atom. The first-order valence-electron chi connectivity index (χ1n) is 8.63. The molecule has 1 heterocycles. The Bertz CT molecular complexity index is 1030. The van der Waals surface area contributed by atoms with E-state index in [-0.39, 0.29) is 11.3 Å². The summed E-state index contributed by atoms with van der Waals surface area (Å²) >= 11 is 0. The van der Waals surface area contributed by atoms with Crippen LogP contribution in [-0.4, -0.2) is 24.7 Å². The number of halogens is 3. The molecular weight excluding hydrogens is 401 g/mol. The maximum atomic E-state index is 13.1. The Labute approximate surface area is 169 Å². The third kappa shape index (κ3) is 5.34. The zero-order valence-corrected chi connectivity index (χ0v) is 15.4.